The molecule has 1 atom stereocenters. The normalized spacial score (nSPS) is 13.1. The summed E-state index contributed by atoms with van der Waals surface area (Å²) in [5.74, 6) is -0.239. The Hall–Kier alpha value is -1.98. The topological polar surface area (TPSA) is 34.0 Å². The Balaban J connectivity index is 1.95. The summed E-state index contributed by atoms with van der Waals surface area (Å²) < 4.78 is 16.2. The Morgan fingerprint density at radius 1 is 1.12 bits per heavy atom. The van der Waals surface area contributed by atoms with E-state index in [0.29, 0.717) is 12.1 Å². The fourth-order valence-electron chi connectivity index (χ4n) is 3.23. The van der Waals surface area contributed by atoms with Crippen molar-refractivity contribution in [3.8, 4) is 0 Å². The fourth-order valence-corrected chi connectivity index (χ4v) is 3.82. The molecule has 3 nitrogen and oxygen atoms in total. The van der Waals surface area contributed by atoms with Gasteiger partial charge in [0.25, 0.3) is 0 Å². The molecule has 0 bridgehead atoms. The summed E-state index contributed by atoms with van der Waals surface area (Å²) >= 11 is 3.55. The number of hydrogen-bond donors (Lipinski definition) is 1. The zero-order valence-electron chi connectivity index (χ0n) is 15.1. The quantitative estimate of drug-likeness (QED) is 0.630. The summed E-state index contributed by atoms with van der Waals surface area (Å²) in [6.07, 6.45) is 1.80. The van der Waals surface area contributed by atoms with Gasteiger partial charge in [0.1, 0.15) is 5.82 Å². The first kappa shape index (κ1) is 18.8. The molecule has 2 aromatic carbocycles. The van der Waals surface area contributed by atoms with Crippen LogP contribution in [0.3, 0.4) is 0 Å². The Bertz CT molecular complexity index is 974. The number of nitrogens with one attached hydrogen (secondary N) is 1. The van der Waals surface area contributed by atoms with Gasteiger partial charge >= 0.3 is 0 Å². The number of pyridine rings is 1. The second-order valence-electron chi connectivity index (χ2n) is 7.50. The minimum absolute atomic E-state index is 0.00320. The SMILES string of the molecule is CC(C)(C)C(NCn1ccc(=O)c2cccc(Br)c21)c1ccc(F)cc1. The molecule has 26 heavy (non-hydrogen) atoms. The molecule has 3 rings (SSSR count). The number of fused-ring (bicyclic) bond motifs is 1. The summed E-state index contributed by atoms with van der Waals surface area (Å²) in [5, 5.41) is 4.25. The van der Waals surface area contributed by atoms with Crippen molar-refractivity contribution in [2.75, 3.05) is 0 Å². The molecule has 0 aliphatic heterocycles. The minimum Gasteiger partial charge on any atom is -0.333 e. The third kappa shape index (κ3) is 3.89. The lowest BCUT2D eigenvalue weighted by atomic mass is 9.82. The lowest BCUT2D eigenvalue weighted by Gasteiger charge is -2.32. The molecule has 1 unspecified atom stereocenters. The number of nitrogens with zero attached hydrogens (tertiary/aromatic N) is 1. The van der Waals surface area contributed by atoms with E-state index in [1.54, 1.807) is 12.3 Å². The van der Waals surface area contributed by atoms with Gasteiger partial charge in [-0.15, -0.1) is 0 Å². The molecular formula is C21H22BrFN2O. The van der Waals surface area contributed by atoms with Crippen LogP contribution in [0.5, 0.6) is 0 Å². The Kier molecular flexibility index (Phi) is 5.30. The van der Waals surface area contributed by atoms with Crippen LogP contribution in [0.4, 0.5) is 4.39 Å². The first-order valence-corrected chi connectivity index (χ1v) is 9.33. The van der Waals surface area contributed by atoms with E-state index >= 15 is 0 Å². The average molecular weight is 417 g/mol. The van der Waals surface area contributed by atoms with E-state index in [1.807, 2.05) is 34.9 Å². The number of halogens is 2. The molecule has 0 fully saturated rings. The van der Waals surface area contributed by atoms with E-state index in [2.05, 4.69) is 42.0 Å². The lowest BCUT2D eigenvalue weighted by molar-refractivity contribution is 0.257. The van der Waals surface area contributed by atoms with Crippen molar-refractivity contribution in [1.29, 1.82) is 0 Å². The molecule has 1 aromatic heterocycles. The number of benzene rings is 2. The number of para-hydroxylation sites is 1. The van der Waals surface area contributed by atoms with Crippen LogP contribution >= 0.6 is 15.9 Å². The first-order chi connectivity index (χ1) is 12.3. The maximum Gasteiger partial charge on any atom is 0.189 e. The van der Waals surface area contributed by atoms with E-state index < -0.39 is 0 Å². The van der Waals surface area contributed by atoms with Crippen LogP contribution in [-0.2, 0) is 6.67 Å². The number of aromatic nitrogens is 1. The van der Waals surface area contributed by atoms with Crippen LogP contribution in [0.1, 0.15) is 32.4 Å². The van der Waals surface area contributed by atoms with E-state index in [1.165, 1.54) is 12.1 Å². The first-order valence-electron chi connectivity index (χ1n) is 8.54. The van der Waals surface area contributed by atoms with Gasteiger partial charge in [0.05, 0.1) is 12.2 Å². The monoisotopic (exact) mass is 416 g/mol. The molecule has 0 amide bonds. The van der Waals surface area contributed by atoms with Crippen molar-refractivity contribution in [3.63, 3.8) is 0 Å². The highest BCUT2D eigenvalue weighted by molar-refractivity contribution is 9.10. The van der Waals surface area contributed by atoms with Gasteiger partial charge in [-0.25, -0.2) is 4.39 Å². The fraction of sp³-hybridized carbons (Fsp3) is 0.286. The van der Waals surface area contributed by atoms with Gasteiger partial charge in [-0.2, -0.15) is 0 Å². The van der Waals surface area contributed by atoms with Gasteiger partial charge in [0, 0.05) is 28.2 Å². The highest BCUT2D eigenvalue weighted by atomic mass is 79.9. The Labute approximate surface area is 161 Å². The highest BCUT2D eigenvalue weighted by Gasteiger charge is 2.26. The van der Waals surface area contributed by atoms with Crippen LogP contribution in [-0.4, -0.2) is 4.57 Å². The standard InChI is InChI=1S/C21H22BrFN2O/c1-21(2,3)20(14-7-9-15(23)10-8-14)24-13-25-12-11-18(26)16-5-4-6-17(22)19(16)25/h4-12,20,24H,13H2,1-3H3. The van der Waals surface area contributed by atoms with Crippen LogP contribution in [0.25, 0.3) is 10.9 Å². The molecule has 0 aliphatic rings. The van der Waals surface area contributed by atoms with E-state index in [9.17, 15) is 9.18 Å². The molecule has 0 spiro atoms. The molecule has 0 radical (unpaired) electrons. The predicted octanol–water partition coefficient (Wildman–Crippen LogP) is 5.24. The number of rotatable bonds is 4. The molecule has 1 heterocycles. The van der Waals surface area contributed by atoms with Crippen molar-refractivity contribution in [2.45, 2.75) is 33.5 Å². The largest absolute Gasteiger partial charge is 0.333 e. The van der Waals surface area contributed by atoms with Gasteiger partial charge in [-0.05, 0) is 51.2 Å². The molecule has 5 heteroatoms. The van der Waals surface area contributed by atoms with Gasteiger partial charge in [0.15, 0.2) is 5.43 Å². The predicted molar refractivity (Wildman–Crippen MR) is 108 cm³/mol. The molecule has 0 saturated heterocycles. The van der Waals surface area contributed by atoms with Crippen molar-refractivity contribution in [2.24, 2.45) is 5.41 Å². The van der Waals surface area contributed by atoms with E-state index in [-0.39, 0.29) is 22.7 Å². The van der Waals surface area contributed by atoms with Crippen LogP contribution in [0.2, 0.25) is 0 Å². The summed E-state index contributed by atoms with van der Waals surface area (Å²) in [5.41, 5.74) is 1.83. The zero-order valence-corrected chi connectivity index (χ0v) is 16.7. The second kappa shape index (κ2) is 7.33. The highest BCUT2D eigenvalue weighted by Crippen LogP contribution is 2.33. The molecule has 0 saturated carbocycles. The van der Waals surface area contributed by atoms with Crippen molar-refractivity contribution >= 4 is 26.8 Å². The summed E-state index contributed by atoms with van der Waals surface area (Å²) in [4.78, 5) is 12.1. The van der Waals surface area contributed by atoms with Gasteiger partial charge in [-0.1, -0.05) is 39.0 Å². The third-order valence-corrected chi connectivity index (χ3v) is 5.12. The van der Waals surface area contributed by atoms with Gasteiger partial charge < -0.3 is 4.57 Å². The van der Waals surface area contributed by atoms with Crippen LogP contribution < -0.4 is 10.7 Å². The smallest absolute Gasteiger partial charge is 0.189 e. The van der Waals surface area contributed by atoms with Gasteiger partial charge in [-0.3, -0.25) is 10.1 Å². The summed E-state index contributed by atoms with van der Waals surface area (Å²) in [6.45, 7) is 6.97. The third-order valence-electron chi connectivity index (χ3n) is 4.48. The van der Waals surface area contributed by atoms with E-state index in [4.69, 9.17) is 0 Å². The van der Waals surface area contributed by atoms with Crippen LogP contribution in [0.15, 0.2) is 64.0 Å². The van der Waals surface area contributed by atoms with E-state index in [0.717, 1.165) is 15.6 Å². The maximum absolute atomic E-state index is 13.3. The molecule has 0 aliphatic carbocycles. The number of hydrogen-bond acceptors (Lipinski definition) is 2. The molecule has 3 aromatic rings. The van der Waals surface area contributed by atoms with Gasteiger partial charge in [0.2, 0.25) is 0 Å². The molecule has 136 valence electrons. The van der Waals surface area contributed by atoms with Crippen molar-refractivity contribution < 1.29 is 4.39 Å². The van der Waals surface area contributed by atoms with Crippen LogP contribution in [0, 0.1) is 11.2 Å². The lowest BCUT2D eigenvalue weighted by Crippen LogP contribution is -2.34. The molecular weight excluding hydrogens is 395 g/mol. The molecule has 1 N–H and O–H groups in total. The van der Waals surface area contributed by atoms with Crippen molar-refractivity contribution in [3.05, 3.63) is 80.8 Å². The minimum atomic E-state index is -0.239. The van der Waals surface area contributed by atoms with Crippen molar-refractivity contribution in [1.82, 2.24) is 9.88 Å². The summed E-state index contributed by atoms with van der Waals surface area (Å²) in [6, 6.07) is 13.8. The average Bonchev–Trinajstić information content (AvgIpc) is 2.58. The maximum atomic E-state index is 13.3. The second-order valence-corrected chi connectivity index (χ2v) is 8.35. The Morgan fingerprint density at radius 2 is 1.81 bits per heavy atom. The zero-order chi connectivity index (χ0) is 18.9. The Morgan fingerprint density at radius 3 is 2.46 bits per heavy atom. The summed E-state index contributed by atoms with van der Waals surface area (Å²) in [7, 11) is 0.